The number of benzene rings is 1. The molecular formula is C18H28N2O7. The molecule has 1 aromatic carbocycles. The van der Waals surface area contributed by atoms with Gasteiger partial charge in [-0.3, -0.25) is 9.59 Å². The van der Waals surface area contributed by atoms with Gasteiger partial charge in [-0.25, -0.2) is 4.79 Å². The van der Waals surface area contributed by atoms with Crippen molar-refractivity contribution < 1.29 is 35.5 Å². The minimum absolute atomic E-state index is 0. The Kier molecular flexibility index (Phi) is 9.08. The maximum Gasteiger partial charge on any atom is 0.330 e. The van der Waals surface area contributed by atoms with E-state index in [1.165, 1.54) is 11.8 Å². The smallest absolute Gasteiger partial charge is 0.330 e. The van der Waals surface area contributed by atoms with E-state index in [1.807, 2.05) is 30.3 Å². The maximum absolute atomic E-state index is 12.4. The number of carbonyl (C=O) groups excluding carboxylic acids is 1. The molecule has 0 radical (unpaired) electrons. The summed E-state index contributed by atoms with van der Waals surface area (Å²) in [6.07, 6.45) is 1.12. The lowest BCUT2D eigenvalue weighted by atomic mass is 9.77. The second-order valence-corrected chi connectivity index (χ2v) is 6.53. The van der Waals surface area contributed by atoms with Crippen LogP contribution in [0.4, 0.5) is 0 Å². The Bertz CT molecular complexity index is 650. The topological polar surface area (TPSA) is 184 Å². The van der Waals surface area contributed by atoms with Gasteiger partial charge in [-0.15, -0.1) is 0 Å². The largest absolute Gasteiger partial charge is 0.481 e. The molecule has 1 aliphatic rings. The summed E-state index contributed by atoms with van der Waals surface area (Å²) in [5, 5.41) is 19.6. The average molecular weight is 384 g/mol. The zero-order valence-corrected chi connectivity index (χ0v) is 15.2. The minimum Gasteiger partial charge on any atom is -0.481 e. The van der Waals surface area contributed by atoms with Crippen LogP contribution in [-0.4, -0.2) is 62.0 Å². The normalized spacial score (nSPS) is 20.7. The van der Waals surface area contributed by atoms with Crippen LogP contribution in [0.2, 0.25) is 0 Å². The van der Waals surface area contributed by atoms with Crippen molar-refractivity contribution in [1.82, 2.24) is 4.90 Å². The predicted molar refractivity (Wildman–Crippen MR) is 98.1 cm³/mol. The first-order valence-electron chi connectivity index (χ1n) is 8.38. The van der Waals surface area contributed by atoms with E-state index in [9.17, 15) is 24.6 Å². The molecule has 0 spiro atoms. The van der Waals surface area contributed by atoms with Crippen LogP contribution in [0.5, 0.6) is 0 Å². The molecule has 152 valence electrons. The van der Waals surface area contributed by atoms with Crippen LogP contribution in [0.3, 0.4) is 0 Å². The minimum atomic E-state index is -1.74. The molecule has 1 aliphatic heterocycles. The maximum atomic E-state index is 12.4. The number of amides is 1. The monoisotopic (exact) mass is 384 g/mol. The number of aryl methyl sites for hydroxylation is 1. The summed E-state index contributed by atoms with van der Waals surface area (Å²) < 4.78 is 0. The molecule has 27 heavy (non-hydrogen) atoms. The quantitative estimate of drug-likeness (QED) is 0.567. The van der Waals surface area contributed by atoms with E-state index >= 15 is 0 Å². The average Bonchev–Trinajstić information content (AvgIpc) is 3.00. The van der Waals surface area contributed by atoms with Crippen molar-refractivity contribution in [2.24, 2.45) is 11.7 Å². The highest BCUT2D eigenvalue weighted by Crippen LogP contribution is 2.39. The molecule has 9 heteroatoms. The summed E-state index contributed by atoms with van der Waals surface area (Å²) in [5.74, 6) is -4.21. The third kappa shape index (κ3) is 4.82. The molecule has 0 aromatic heterocycles. The second kappa shape index (κ2) is 10.0. The van der Waals surface area contributed by atoms with E-state index in [-0.39, 0.29) is 30.3 Å². The number of nitrogens with zero attached hydrogens (tertiary/aromatic N) is 1. The molecule has 0 unspecified atom stereocenters. The lowest BCUT2D eigenvalue weighted by Gasteiger charge is -2.39. The van der Waals surface area contributed by atoms with E-state index in [4.69, 9.17) is 5.73 Å². The number of carboxylic acid groups (broad SMARTS) is 2. The third-order valence-electron chi connectivity index (χ3n) is 4.89. The van der Waals surface area contributed by atoms with Gasteiger partial charge < -0.3 is 31.8 Å². The molecular weight excluding hydrogens is 356 g/mol. The first-order chi connectivity index (χ1) is 11.8. The number of nitrogens with two attached hydrogens (primary N) is 1. The van der Waals surface area contributed by atoms with Crippen LogP contribution in [-0.2, 0) is 20.8 Å². The van der Waals surface area contributed by atoms with Gasteiger partial charge in [0.15, 0.2) is 5.54 Å². The molecule has 0 aliphatic carbocycles. The summed E-state index contributed by atoms with van der Waals surface area (Å²) in [5.41, 5.74) is 4.83. The number of aliphatic carboxylic acids is 2. The van der Waals surface area contributed by atoms with Crippen molar-refractivity contribution in [1.29, 1.82) is 0 Å². The molecule has 0 saturated carbocycles. The molecule has 0 bridgehead atoms. The fourth-order valence-corrected chi connectivity index (χ4v) is 3.65. The van der Waals surface area contributed by atoms with E-state index < -0.39 is 35.3 Å². The molecule has 1 aromatic rings. The van der Waals surface area contributed by atoms with E-state index in [0.717, 1.165) is 5.56 Å². The van der Waals surface area contributed by atoms with Crippen molar-refractivity contribution >= 4 is 17.8 Å². The Labute approximate surface area is 157 Å². The zero-order valence-electron chi connectivity index (χ0n) is 15.2. The molecule has 8 N–H and O–H groups in total. The van der Waals surface area contributed by atoms with Gasteiger partial charge in [0.25, 0.3) is 0 Å². The highest BCUT2D eigenvalue weighted by Gasteiger charge is 2.57. The Morgan fingerprint density at radius 2 is 1.78 bits per heavy atom. The van der Waals surface area contributed by atoms with E-state index in [1.54, 1.807) is 0 Å². The van der Waals surface area contributed by atoms with Gasteiger partial charge in [0.2, 0.25) is 5.91 Å². The molecule has 1 fully saturated rings. The molecule has 2 rings (SSSR count). The highest BCUT2D eigenvalue weighted by molar-refractivity contribution is 5.94. The van der Waals surface area contributed by atoms with Gasteiger partial charge in [0.1, 0.15) is 0 Å². The fourth-order valence-electron chi connectivity index (χ4n) is 3.65. The summed E-state index contributed by atoms with van der Waals surface area (Å²) >= 11 is 0. The molecule has 1 saturated heterocycles. The first kappa shape index (κ1) is 24.5. The SMILES string of the molecule is C[C@H](N)C(=O)N1CCC[C@]1(C(=O)O)[C@H](CCc1ccccc1)C(=O)O.O.O. The predicted octanol–water partition coefficient (Wildman–Crippen LogP) is -0.536. The van der Waals surface area contributed by atoms with Gasteiger partial charge in [-0.05, 0) is 38.2 Å². The number of carboxylic acids is 2. The molecule has 1 heterocycles. The van der Waals surface area contributed by atoms with Crippen LogP contribution in [0.15, 0.2) is 30.3 Å². The summed E-state index contributed by atoms with van der Waals surface area (Å²) in [6.45, 7) is 1.69. The highest BCUT2D eigenvalue weighted by atomic mass is 16.4. The van der Waals surface area contributed by atoms with E-state index in [0.29, 0.717) is 12.8 Å². The molecule has 9 nitrogen and oxygen atoms in total. The Hall–Kier alpha value is -2.49. The second-order valence-electron chi connectivity index (χ2n) is 6.53. The number of hydrogen-bond donors (Lipinski definition) is 3. The van der Waals surface area contributed by atoms with Crippen molar-refractivity contribution in [3.8, 4) is 0 Å². The van der Waals surface area contributed by atoms with Crippen LogP contribution in [0.25, 0.3) is 0 Å². The van der Waals surface area contributed by atoms with Gasteiger partial charge >= 0.3 is 11.9 Å². The van der Waals surface area contributed by atoms with Gasteiger partial charge in [0.05, 0.1) is 12.0 Å². The summed E-state index contributed by atoms with van der Waals surface area (Å²) in [7, 11) is 0. The lowest BCUT2D eigenvalue weighted by molar-refractivity contribution is -0.168. The lowest BCUT2D eigenvalue weighted by Crippen LogP contribution is -2.62. The van der Waals surface area contributed by atoms with Crippen LogP contribution >= 0.6 is 0 Å². The van der Waals surface area contributed by atoms with Gasteiger partial charge in [0, 0.05) is 6.54 Å². The Morgan fingerprint density at radius 1 is 1.19 bits per heavy atom. The zero-order chi connectivity index (χ0) is 18.6. The first-order valence-corrected chi connectivity index (χ1v) is 8.38. The van der Waals surface area contributed by atoms with Crippen molar-refractivity contribution in [2.45, 2.75) is 44.2 Å². The molecule has 1 amide bonds. The number of likely N-dealkylation sites (tertiary alicyclic amines) is 1. The van der Waals surface area contributed by atoms with E-state index in [2.05, 4.69) is 0 Å². The fraction of sp³-hybridized carbons (Fsp3) is 0.500. The van der Waals surface area contributed by atoms with Gasteiger partial charge in [-0.2, -0.15) is 0 Å². The number of rotatable bonds is 7. The van der Waals surface area contributed by atoms with Crippen LogP contribution < -0.4 is 5.73 Å². The van der Waals surface area contributed by atoms with Crippen molar-refractivity contribution in [2.75, 3.05) is 6.54 Å². The van der Waals surface area contributed by atoms with Gasteiger partial charge in [-0.1, -0.05) is 30.3 Å². The Balaban J connectivity index is 0.00000338. The number of carbonyl (C=O) groups is 3. The van der Waals surface area contributed by atoms with Crippen molar-refractivity contribution in [3.63, 3.8) is 0 Å². The van der Waals surface area contributed by atoms with Crippen molar-refractivity contribution in [3.05, 3.63) is 35.9 Å². The molecule has 3 atom stereocenters. The number of hydrogen-bond acceptors (Lipinski definition) is 4. The van der Waals surface area contributed by atoms with Crippen LogP contribution in [0, 0.1) is 5.92 Å². The summed E-state index contributed by atoms with van der Waals surface area (Å²) in [4.78, 5) is 37.6. The standard InChI is InChI=1S/C18H24N2O5.2H2O/c1-12(19)15(21)20-11-5-10-18(20,17(24)25)14(16(22)23)9-8-13-6-3-2-4-7-13;;/h2-4,6-7,12,14H,5,8-11,19H2,1H3,(H,22,23)(H,24,25);2*1H2/t12-,14+,18+;;/m0../s1. The Morgan fingerprint density at radius 3 is 2.26 bits per heavy atom. The summed E-state index contributed by atoms with van der Waals surface area (Å²) in [6, 6.07) is 8.41. The van der Waals surface area contributed by atoms with Crippen LogP contribution in [0.1, 0.15) is 31.7 Å². The third-order valence-corrected chi connectivity index (χ3v) is 4.89.